The van der Waals surface area contributed by atoms with Gasteiger partial charge in [0.25, 0.3) is 0 Å². The lowest BCUT2D eigenvalue weighted by molar-refractivity contribution is 0.949. The monoisotopic (exact) mass is 363 g/mol. The Morgan fingerprint density at radius 2 is 1.64 bits per heavy atom. The highest BCUT2D eigenvalue weighted by atomic mass is 32.2. The van der Waals surface area contributed by atoms with E-state index in [9.17, 15) is 0 Å². The molecule has 0 saturated carbocycles. The molecule has 124 valence electrons. The lowest BCUT2D eigenvalue weighted by Crippen LogP contribution is -2.00. The molecule has 0 saturated heterocycles. The van der Waals surface area contributed by atoms with Crippen molar-refractivity contribution in [2.75, 3.05) is 0 Å². The highest BCUT2D eigenvalue weighted by molar-refractivity contribution is 7.97. The van der Waals surface area contributed by atoms with Gasteiger partial charge in [0.15, 0.2) is 4.77 Å². The zero-order valence-corrected chi connectivity index (χ0v) is 15.2. The maximum absolute atomic E-state index is 5.40. The van der Waals surface area contributed by atoms with Crippen LogP contribution in [0.15, 0.2) is 72.8 Å². The number of benzene rings is 3. The van der Waals surface area contributed by atoms with E-state index in [1.54, 1.807) is 0 Å². The molecule has 0 atom stereocenters. The van der Waals surface area contributed by atoms with E-state index in [4.69, 9.17) is 12.2 Å². The van der Waals surface area contributed by atoms with Gasteiger partial charge in [0.05, 0.1) is 5.75 Å². The number of aromatic nitrogens is 3. The molecule has 0 aliphatic rings. The predicted molar refractivity (Wildman–Crippen MR) is 108 cm³/mol. The number of hydrogen-bond acceptors (Lipinski definition) is 3. The summed E-state index contributed by atoms with van der Waals surface area (Å²) in [7, 11) is 0. The summed E-state index contributed by atoms with van der Waals surface area (Å²) >= 11 is 7.24. The van der Waals surface area contributed by atoms with Gasteiger partial charge in [-0.1, -0.05) is 60.7 Å². The number of aromatic amines is 1. The summed E-state index contributed by atoms with van der Waals surface area (Å²) in [5.74, 6) is 2.68. The number of rotatable bonds is 5. The Morgan fingerprint density at radius 1 is 0.880 bits per heavy atom. The Hall–Kier alpha value is -2.37. The van der Waals surface area contributed by atoms with Crippen molar-refractivity contribution in [3.05, 3.63) is 89.0 Å². The largest absolute Gasteiger partial charge is 0.271 e. The first kappa shape index (κ1) is 16.1. The van der Waals surface area contributed by atoms with E-state index in [0.29, 0.717) is 4.77 Å². The van der Waals surface area contributed by atoms with Gasteiger partial charge in [-0.05, 0) is 40.7 Å². The fourth-order valence-electron chi connectivity index (χ4n) is 2.94. The van der Waals surface area contributed by atoms with Crippen molar-refractivity contribution in [2.45, 2.75) is 11.5 Å². The molecule has 0 bridgehead atoms. The standard InChI is InChI=1S/C20H17N3S2/c24-20-22-21-19(23(20)17-10-2-1-3-11-17)14-25-13-16-9-6-8-15-7-4-5-12-18(15)16/h1-12H,13-14H2,(H,22,24). The van der Waals surface area contributed by atoms with Gasteiger partial charge in [0, 0.05) is 11.4 Å². The first-order valence-electron chi connectivity index (χ1n) is 8.09. The fourth-order valence-corrected chi connectivity index (χ4v) is 4.15. The van der Waals surface area contributed by atoms with E-state index >= 15 is 0 Å². The van der Waals surface area contributed by atoms with Crippen molar-refractivity contribution < 1.29 is 0 Å². The van der Waals surface area contributed by atoms with E-state index in [2.05, 4.69) is 52.7 Å². The van der Waals surface area contributed by atoms with Gasteiger partial charge in [0.1, 0.15) is 5.82 Å². The van der Waals surface area contributed by atoms with Crippen molar-refractivity contribution in [1.29, 1.82) is 0 Å². The van der Waals surface area contributed by atoms with Crippen molar-refractivity contribution in [3.8, 4) is 5.69 Å². The van der Waals surface area contributed by atoms with Crippen LogP contribution in [0.3, 0.4) is 0 Å². The van der Waals surface area contributed by atoms with Gasteiger partial charge >= 0.3 is 0 Å². The molecule has 0 unspecified atom stereocenters. The molecule has 4 aromatic rings. The van der Waals surface area contributed by atoms with Crippen molar-refractivity contribution in [2.24, 2.45) is 0 Å². The molecule has 4 rings (SSSR count). The minimum atomic E-state index is 0.631. The van der Waals surface area contributed by atoms with Crippen LogP contribution in [0, 0.1) is 4.77 Å². The van der Waals surface area contributed by atoms with Gasteiger partial charge in [-0.25, -0.2) is 0 Å². The molecular formula is C20H17N3S2. The van der Waals surface area contributed by atoms with E-state index in [-0.39, 0.29) is 0 Å². The summed E-state index contributed by atoms with van der Waals surface area (Å²) in [5.41, 5.74) is 2.39. The normalized spacial score (nSPS) is 11.0. The molecule has 5 heteroatoms. The summed E-state index contributed by atoms with van der Waals surface area (Å²) in [6, 6.07) is 25.1. The summed E-state index contributed by atoms with van der Waals surface area (Å²) in [4.78, 5) is 0. The van der Waals surface area contributed by atoms with Crippen LogP contribution in [0.5, 0.6) is 0 Å². The lowest BCUT2D eigenvalue weighted by Gasteiger charge is -2.08. The Morgan fingerprint density at radius 3 is 2.52 bits per heavy atom. The lowest BCUT2D eigenvalue weighted by atomic mass is 10.1. The average Bonchev–Trinajstić information content (AvgIpc) is 3.03. The van der Waals surface area contributed by atoms with Crippen LogP contribution in [-0.4, -0.2) is 14.8 Å². The predicted octanol–water partition coefficient (Wildman–Crippen LogP) is 5.52. The number of thioether (sulfide) groups is 1. The van der Waals surface area contributed by atoms with Crippen LogP contribution in [0.25, 0.3) is 16.5 Å². The quantitative estimate of drug-likeness (QED) is 0.474. The van der Waals surface area contributed by atoms with Gasteiger partial charge in [0.2, 0.25) is 0 Å². The minimum Gasteiger partial charge on any atom is -0.271 e. The van der Waals surface area contributed by atoms with Crippen LogP contribution in [-0.2, 0) is 11.5 Å². The van der Waals surface area contributed by atoms with Gasteiger partial charge in [-0.2, -0.15) is 5.10 Å². The Bertz CT molecular complexity index is 1050. The van der Waals surface area contributed by atoms with Crippen LogP contribution < -0.4 is 0 Å². The van der Waals surface area contributed by atoms with E-state index in [1.165, 1.54) is 16.3 Å². The Kier molecular flexibility index (Phi) is 4.68. The summed E-state index contributed by atoms with van der Waals surface area (Å²) < 4.78 is 2.64. The second-order valence-electron chi connectivity index (χ2n) is 5.75. The highest BCUT2D eigenvalue weighted by Gasteiger charge is 2.09. The fraction of sp³-hybridized carbons (Fsp3) is 0.100. The highest BCUT2D eigenvalue weighted by Crippen LogP contribution is 2.25. The number of nitrogens with zero attached hydrogens (tertiary/aromatic N) is 2. The number of fused-ring (bicyclic) bond motifs is 1. The summed E-state index contributed by atoms with van der Waals surface area (Å²) in [5, 5.41) is 9.93. The molecule has 0 aliphatic carbocycles. The van der Waals surface area contributed by atoms with Crippen LogP contribution in [0.1, 0.15) is 11.4 Å². The number of nitrogens with one attached hydrogen (secondary N) is 1. The van der Waals surface area contributed by atoms with Crippen molar-refractivity contribution >= 4 is 34.8 Å². The minimum absolute atomic E-state index is 0.631. The number of para-hydroxylation sites is 1. The second kappa shape index (κ2) is 7.25. The van der Waals surface area contributed by atoms with Crippen LogP contribution >= 0.6 is 24.0 Å². The third-order valence-electron chi connectivity index (χ3n) is 4.12. The molecule has 0 aliphatic heterocycles. The number of H-pyrrole nitrogens is 1. The summed E-state index contributed by atoms with van der Waals surface area (Å²) in [6.45, 7) is 0. The SMILES string of the molecule is S=c1[nH]nc(CSCc2cccc3ccccc23)n1-c1ccccc1. The topological polar surface area (TPSA) is 33.6 Å². The number of hydrogen-bond donors (Lipinski definition) is 1. The van der Waals surface area contributed by atoms with E-state index in [1.807, 2.05) is 46.7 Å². The van der Waals surface area contributed by atoms with Crippen LogP contribution in [0.2, 0.25) is 0 Å². The first-order chi connectivity index (χ1) is 12.3. The smallest absolute Gasteiger partial charge is 0.199 e. The average molecular weight is 364 g/mol. The molecule has 3 aromatic carbocycles. The maximum Gasteiger partial charge on any atom is 0.199 e. The molecule has 0 spiro atoms. The van der Waals surface area contributed by atoms with Crippen molar-refractivity contribution in [3.63, 3.8) is 0 Å². The molecule has 0 radical (unpaired) electrons. The third-order valence-corrected chi connectivity index (χ3v) is 5.38. The van der Waals surface area contributed by atoms with E-state index in [0.717, 1.165) is 23.0 Å². The zero-order chi connectivity index (χ0) is 17.1. The molecule has 0 fully saturated rings. The summed E-state index contributed by atoms with van der Waals surface area (Å²) in [6.07, 6.45) is 0. The third kappa shape index (κ3) is 3.38. The van der Waals surface area contributed by atoms with Gasteiger partial charge < -0.3 is 0 Å². The molecule has 3 nitrogen and oxygen atoms in total. The second-order valence-corrected chi connectivity index (χ2v) is 7.12. The molecule has 25 heavy (non-hydrogen) atoms. The molecular weight excluding hydrogens is 346 g/mol. The first-order valence-corrected chi connectivity index (χ1v) is 9.65. The zero-order valence-electron chi connectivity index (χ0n) is 13.6. The Balaban J connectivity index is 1.54. The van der Waals surface area contributed by atoms with Crippen molar-refractivity contribution in [1.82, 2.24) is 14.8 Å². The van der Waals surface area contributed by atoms with E-state index < -0.39 is 0 Å². The molecule has 1 N–H and O–H groups in total. The van der Waals surface area contributed by atoms with Crippen LogP contribution in [0.4, 0.5) is 0 Å². The molecule has 0 amide bonds. The van der Waals surface area contributed by atoms with Gasteiger partial charge in [-0.15, -0.1) is 11.8 Å². The molecule has 1 aromatic heterocycles. The molecule has 1 heterocycles. The maximum atomic E-state index is 5.40. The Labute approximate surface area is 155 Å². The van der Waals surface area contributed by atoms with Gasteiger partial charge in [-0.3, -0.25) is 9.67 Å².